The van der Waals surface area contributed by atoms with Gasteiger partial charge in [-0.25, -0.2) is 0 Å². The average Bonchev–Trinajstić information content (AvgIpc) is 3.08. The maximum absolute atomic E-state index is 12.4. The molecule has 1 aromatic rings. The van der Waals surface area contributed by atoms with Crippen LogP contribution < -0.4 is 15.8 Å². The van der Waals surface area contributed by atoms with Gasteiger partial charge in [-0.2, -0.15) is 0 Å². The Balaban J connectivity index is 2.32. The second-order valence-electron chi connectivity index (χ2n) is 5.53. The summed E-state index contributed by atoms with van der Waals surface area (Å²) >= 11 is 7.19. The molecule has 0 bridgehead atoms. The van der Waals surface area contributed by atoms with E-state index in [0.717, 1.165) is 11.8 Å². The van der Waals surface area contributed by atoms with Crippen LogP contribution in [0, 0.1) is 0 Å². The van der Waals surface area contributed by atoms with Gasteiger partial charge in [0.25, 0.3) is 5.91 Å². The summed E-state index contributed by atoms with van der Waals surface area (Å²) in [6.07, 6.45) is 1.89. The molecule has 26 heavy (non-hydrogen) atoms. The van der Waals surface area contributed by atoms with Crippen LogP contribution in [-0.4, -0.2) is 50.4 Å². The molecule has 1 aliphatic rings. The Morgan fingerprint density at radius 2 is 2.19 bits per heavy atom. The lowest BCUT2D eigenvalue weighted by molar-refractivity contribution is -0.120. The van der Waals surface area contributed by atoms with Crippen molar-refractivity contribution in [3.05, 3.63) is 39.8 Å². The Morgan fingerprint density at radius 1 is 1.42 bits per heavy atom. The van der Waals surface area contributed by atoms with Crippen LogP contribution >= 0.6 is 23.4 Å². The van der Waals surface area contributed by atoms with E-state index in [9.17, 15) is 9.59 Å². The molecule has 4 N–H and O–H groups in total. The number of rotatable bonds is 9. The first-order valence-corrected chi connectivity index (χ1v) is 9.14. The first kappa shape index (κ1) is 20.6. The molecule has 0 spiro atoms. The van der Waals surface area contributed by atoms with Crippen molar-refractivity contribution in [2.75, 3.05) is 33.5 Å². The molecule has 0 radical (unpaired) electrons. The summed E-state index contributed by atoms with van der Waals surface area (Å²) in [5.41, 5.74) is 6.23. The van der Waals surface area contributed by atoms with E-state index in [2.05, 4.69) is 5.32 Å². The summed E-state index contributed by atoms with van der Waals surface area (Å²) in [5, 5.41) is 11.8. The highest BCUT2D eigenvalue weighted by Gasteiger charge is 2.46. The lowest BCUT2D eigenvalue weighted by Crippen LogP contribution is -2.37. The molecule has 0 aliphatic carbocycles. The zero-order valence-corrected chi connectivity index (χ0v) is 15.9. The minimum Gasteiger partial charge on any atom is -0.491 e. The van der Waals surface area contributed by atoms with Crippen molar-refractivity contribution >= 4 is 35.2 Å². The van der Waals surface area contributed by atoms with Crippen LogP contribution in [0.4, 0.5) is 0 Å². The highest BCUT2D eigenvalue weighted by atomic mass is 35.5. The Hall–Kier alpha value is -1.74. The number of nitrogens with one attached hydrogen (secondary N) is 1. The number of aliphatic hydroxyl groups excluding tert-OH is 1. The molecule has 1 aliphatic heterocycles. The summed E-state index contributed by atoms with van der Waals surface area (Å²) in [6, 6.07) is 4.95. The van der Waals surface area contributed by atoms with Crippen LogP contribution in [0.5, 0.6) is 5.75 Å². The second-order valence-corrected chi connectivity index (χ2v) is 7.30. The Kier molecular flexibility index (Phi) is 7.33. The molecule has 2 rings (SSSR count). The van der Waals surface area contributed by atoms with Crippen molar-refractivity contribution < 1.29 is 24.2 Å². The number of benzene rings is 1. The standard InChI is InChI=1S/C17H21ClN2O5S/c1-24-8-9-25-13-3-2-11(18)10-12(13)17(16(19)23)5-4-14(26-17)15(22)20-6-7-21/h2-4,10,21H,5-9H2,1H3,(H2,19,23)(H,20,22). The fraction of sp³-hybridized carbons (Fsp3) is 0.412. The Labute approximate surface area is 160 Å². The molecule has 7 nitrogen and oxygen atoms in total. The van der Waals surface area contributed by atoms with Crippen LogP contribution in [0.3, 0.4) is 0 Å². The van der Waals surface area contributed by atoms with Crippen molar-refractivity contribution in [3.63, 3.8) is 0 Å². The summed E-state index contributed by atoms with van der Waals surface area (Å²) in [6.45, 7) is 0.632. The monoisotopic (exact) mass is 400 g/mol. The van der Waals surface area contributed by atoms with Gasteiger partial charge < -0.3 is 25.6 Å². The quantitative estimate of drug-likeness (QED) is 0.537. The van der Waals surface area contributed by atoms with Gasteiger partial charge in [-0.05, 0) is 24.6 Å². The molecular formula is C17H21ClN2O5S. The van der Waals surface area contributed by atoms with E-state index in [4.69, 9.17) is 31.9 Å². The van der Waals surface area contributed by atoms with Gasteiger partial charge in [-0.3, -0.25) is 9.59 Å². The van der Waals surface area contributed by atoms with Gasteiger partial charge in [0.15, 0.2) is 0 Å². The third-order valence-corrected chi connectivity index (χ3v) is 5.54. The SMILES string of the molecule is COCCOc1ccc(Cl)cc1C1(C(N)=O)CC=C(C(=O)NCCO)S1. The van der Waals surface area contributed by atoms with Gasteiger partial charge in [0, 0.05) is 24.2 Å². The molecule has 142 valence electrons. The van der Waals surface area contributed by atoms with E-state index in [1.165, 1.54) is 0 Å². The Bertz CT molecular complexity index is 712. The maximum Gasteiger partial charge on any atom is 0.257 e. The number of carbonyl (C=O) groups is 2. The van der Waals surface area contributed by atoms with E-state index in [0.29, 0.717) is 34.5 Å². The fourth-order valence-electron chi connectivity index (χ4n) is 2.53. The number of halogens is 1. The number of amides is 2. The van der Waals surface area contributed by atoms with Crippen LogP contribution in [-0.2, 0) is 19.1 Å². The summed E-state index contributed by atoms with van der Waals surface area (Å²) in [5.74, 6) is -0.498. The number of hydrogen-bond donors (Lipinski definition) is 3. The van der Waals surface area contributed by atoms with E-state index >= 15 is 0 Å². The normalized spacial score (nSPS) is 19.1. The van der Waals surface area contributed by atoms with Gasteiger partial charge in [0.1, 0.15) is 17.1 Å². The highest BCUT2D eigenvalue weighted by molar-refractivity contribution is 8.05. The second kappa shape index (κ2) is 9.27. The molecule has 1 aromatic carbocycles. The van der Waals surface area contributed by atoms with E-state index in [1.807, 2.05) is 0 Å². The van der Waals surface area contributed by atoms with Gasteiger partial charge >= 0.3 is 0 Å². The van der Waals surface area contributed by atoms with E-state index in [1.54, 1.807) is 31.4 Å². The lowest BCUT2D eigenvalue weighted by Gasteiger charge is -2.28. The Morgan fingerprint density at radius 3 is 2.85 bits per heavy atom. The predicted octanol–water partition coefficient (Wildman–Crippen LogP) is 1.18. The topological polar surface area (TPSA) is 111 Å². The first-order valence-electron chi connectivity index (χ1n) is 7.94. The number of allylic oxidation sites excluding steroid dienone is 1. The minimum atomic E-state index is -1.20. The predicted molar refractivity (Wildman–Crippen MR) is 100 cm³/mol. The van der Waals surface area contributed by atoms with Crippen molar-refractivity contribution in [2.24, 2.45) is 5.73 Å². The number of carbonyl (C=O) groups excluding carboxylic acids is 2. The van der Waals surface area contributed by atoms with Crippen molar-refractivity contribution in [1.82, 2.24) is 5.32 Å². The number of hydrogen-bond acceptors (Lipinski definition) is 6. The summed E-state index contributed by atoms with van der Waals surface area (Å²) < 4.78 is 9.50. The average molecular weight is 401 g/mol. The third kappa shape index (κ3) is 4.50. The van der Waals surface area contributed by atoms with E-state index in [-0.39, 0.29) is 25.5 Å². The first-order chi connectivity index (χ1) is 12.4. The molecule has 0 fully saturated rings. The van der Waals surface area contributed by atoms with Gasteiger partial charge in [0.2, 0.25) is 5.91 Å². The summed E-state index contributed by atoms with van der Waals surface area (Å²) in [7, 11) is 1.56. The van der Waals surface area contributed by atoms with Crippen LogP contribution in [0.1, 0.15) is 12.0 Å². The number of aliphatic hydroxyl groups is 1. The van der Waals surface area contributed by atoms with Gasteiger partial charge in [0.05, 0.1) is 18.1 Å². The minimum absolute atomic E-state index is 0.128. The smallest absolute Gasteiger partial charge is 0.257 e. The summed E-state index contributed by atoms with van der Waals surface area (Å²) in [4.78, 5) is 24.9. The molecule has 0 saturated heterocycles. The molecule has 1 heterocycles. The van der Waals surface area contributed by atoms with Crippen molar-refractivity contribution in [2.45, 2.75) is 11.2 Å². The fourth-order valence-corrected chi connectivity index (χ4v) is 3.95. The number of ether oxygens (including phenoxy) is 2. The molecule has 2 amide bonds. The number of methoxy groups -OCH3 is 1. The molecule has 0 saturated carbocycles. The van der Waals surface area contributed by atoms with Crippen LogP contribution in [0.25, 0.3) is 0 Å². The number of thioether (sulfide) groups is 1. The molecule has 1 atom stereocenters. The van der Waals surface area contributed by atoms with E-state index < -0.39 is 10.7 Å². The van der Waals surface area contributed by atoms with Crippen LogP contribution in [0.2, 0.25) is 5.02 Å². The molecule has 0 aromatic heterocycles. The zero-order chi connectivity index (χ0) is 19.2. The van der Waals surface area contributed by atoms with Crippen LogP contribution in [0.15, 0.2) is 29.2 Å². The molecule has 9 heteroatoms. The molecular weight excluding hydrogens is 380 g/mol. The lowest BCUT2D eigenvalue weighted by atomic mass is 9.93. The third-order valence-electron chi connectivity index (χ3n) is 3.80. The maximum atomic E-state index is 12.4. The zero-order valence-electron chi connectivity index (χ0n) is 14.3. The van der Waals surface area contributed by atoms with Crippen molar-refractivity contribution in [1.29, 1.82) is 0 Å². The van der Waals surface area contributed by atoms with Crippen molar-refractivity contribution in [3.8, 4) is 5.75 Å². The van der Waals surface area contributed by atoms with Gasteiger partial charge in [-0.15, -0.1) is 0 Å². The largest absolute Gasteiger partial charge is 0.491 e. The van der Waals surface area contributed by atoms with Gasteiger partial charge in [-0.1, -0.05) is 29.4 Å². The highest BCUT2D eigenvalue weighted by Crippen LogP contribution is 2.52. The molecule has 1 unspecified atom stereocenters. The number of primary amides is 1. The number of nitrogens with two attached hydrogens (primary N) is 1.